The van der Waals surface area contributed by atoms with Crippen molar-refractivity contribution in [3.63, 3.8) is 0 Å². The van der Waals surface area contributed by atoms with E-state index < -0.39 is 20.5 Å². The molecule has 1 amide bonds. The van der Waals surface area contributed by atoms with Crippen molar-refractivity contribution in [2.75, 3.05) is 5.32 Å². The largest absolute Gasteiger partial charge is 0.341 e. The van der Waals surface area contributed by atoms with Gasteiger partial charge in [-0.05, 0) is 36.6 Å². The lowest BCUT2D eigenvalue weighted by molar-refractivity contribution is -0.116. The number of carbonyl (C=O) groups excluding carboxylic acids is 1. The number of alkyl halides is 2. The van der Waals surface area contributed by atoms with Gasteiger partial charge in [0.1, 0.15) is 0 Å². The van der Waals surface area contributed by atoms with Crippen LogP contribution in [0, 0.1) is 5.92 Å². The van der Waals surface area contributed by atoms with E-state index in [9.17, 15) is 22.0 Å². The Morgan fingerprint density at radius 3 is 2.20 bits per heavy atom. The number of halogens is 2. The monoisotopic (exact) mass is 305 g/mol. The second-order valence-corrected chi connectivity index (χ2v) is 6.73. The highest BCUT2D eigenvalue weighted by Crippen LogP contribution is 2.20. The first-order valence-corrected chi connectivity index (χ1v) is 7.70. The van der Waals surface area contributed by atoms with E-state index in [0.717, 1.165) is 18.6 Å². The number of nitrogens with one attached hydrogen (secondary N) is 1. The van der Waals surface area contributed by atoms with Gasteiger partial charge in [-0.3, -0.25) is 4.79 Å². The summed E-state index contributed by atoms with van der Waals surface area (Å²) in [4.78, 5) is 11.1. The lowest BCUT2D eigenvalue weighted by Crippen LogP contribution is -2.13. The molecule has 0 spiro atoms. The third-order valence-corrected chi connectivity index (χ3v) is 4.05. The van der Waals surface area contributed by atoms with Gasteiger partial charge in [0.05, 0.1) is 4.90 Å². The van der Waals surface area contributed by atoms with Crippen LogP contribution in [0.15, 0.2) is 29.2 Å². The van der Waals surface area contributed by atoms with Gasteiger partial charge in [0.25, 0.3) is 0 Å². The van der Waals surface area contributed by atoms with Gasteiger partial charge in [-0.2, -0.15) is 8.78 Å². The van der Waals surface area contributed by atoms with Crippen molar-refractivity contribution in [1.29, 1.82) is 0 Å². The van der Waals surface area contributed by atoms with Crippen molar-refractivity contribution in [2.24, 2.45) is 5.92 Å². The third kappa shape index (κ3) is 4.56. The Hall–Kier alpha value is -1.50. The fourth-order valence-electron chi connectivity index (χ4n) is 1.47. The molecule has 0 fully saturated rings. The molecular formula is C13H17F2NO3S. The maximum Gasteiger partial charge on any atom is 0.341 e. The van der Waals surface area contributed by atoms with Gasteiger partial charge >= 0.3 is 5.76 Å². The molecule has 112 valence electrons. The fourth-order valence-corrected chi connectivity index (χ4v) is 2.20. The van der Waals surface area contributed by atoms with E-state index in [1.807, 2.05) is 13.8 Å². The van der Waals surface area contributed by atoms with E-state index >= 15 is 0 Å². The van der Waals surface area contributed by atoms with Crippen LogP contribution in [0.5, 0.6) is 0 Å². The summed E-state index contributed by atoms with van der Waals surface area (Å²) in [5.41, 5.74) is 0.381. The molecule has 0 aliphatic carbocycles. The highest BCUT2D eigenvalue weighted by Gasteiger charge is 2.26. The van der Waals surface area contributed by atoms with E-state index in [-0.39, 0.29) is 5.91 Å². The van der Waals surface area contributed by atoms with Crippen molar-refractivity contribution in [1.82, 2.24) is 0 Å². The average Bonchev–Trinajstić information content (AvgIpc) is 2.37. The molecule has 0 heterocycles. The number of carbonyl (C=O) groups is 1. The van der Waals surface area contributed by atoms with Crippen molar-refractivity contribution in [2.45, 2.75) is 37.3 Å². The van der Waals surface area contributed by atoms with Crippen LogP contribution >= 0.6 is 0 Å². The highest BCUT2D eigenvalue weighted by atomic mass is 32.2. The SMILES string of the molecule is CC(C)CCC(=O)Nc1ccc(S(=O)(=O)C(F)F)cc1. The Morgan fingerprint density at radius 2 is 1.75 bits per heavy atom. The van der Waals surface area contributed by atoms with Gasteiger partial charge in [0, 0.05) is 12.1 Å². The van der Waals surface area contributed by atoms with Crippen LogP contribution in [0.25, 0.3) is 0 Å². The van der Waals surface area contributed by atoms with Crippen molar-refractivity contribution in [3.8, 4) is 0 Å². The maximum absolute atomic E-state index is 12.3. The van der Waals surface area contributed by atoms with Crippen LogP contribution in [-0.2, 0) is 14.6 Å². The van der Waals surface area contributed by atoms with Crippen LogP contribution in [-0.4, -0.2) is 20.1 Å². The third-order valence-electron chi connectivity index (χ3n) is 2.65. The van der Waals surface area contributed by atoms with Gasteiger partial charge in [-0.1, -0.05) is 13.8 Å². The number of anilines is 1. The van der Waals surface area contributed by atoms with Crippen molar-refractivity contribution >= 4 is 21.4 Å². The minimum Gasteiger partial charge on any atom is -0.326 e. The van der Waals surface area contributed by atoms with Gasteiger partial charge in [0.15, 0.2) is 0 Å². The smallest absolute Gasteiger partial charge is 0.326 e. The summed E-state index contributed by atoms with van der Waals surface area (Å²) in [5.74, 6) is -3.24. The highest BCUT2D eigenvalue weighted by molar-refractivity contribution is 7.91. The molecule has 4 nitrogen and oxygen atoms in total. The fraction of sp³-hybridized carbons (Fsp3) is 0.462. The standard InChI is InChI=1S/C13H17F2NO3S/c1-9(2)3-8-12(17)16-10-4-6-11(7-5-10)20(18,19)13(14)15/h4-7,9,13H,3,8H2,1-2H3,(H,16,17). The average molecular weight is 305 g/mol. The quantitative estimate of drug-likeness (QED) is 0.878. The normalized spacial score (nSPS) is 11.9. The second-order valence-electron chi connectivity index (χ2n) is 4.81. The molecule has 0 aromatic heterocycles. The summed E-state index contributed by atoms with van der Waals surface area (Å²) in [6, 6.07) is 4.70. The Morgan fingerprint density at radius 1 is 1.20 bits per heavy atom. The topological polar surface area (TPSA) is 63.2 Å². The second kappa shape index (κ2) is 6.78. The molecule has 0 aliphatic heterocycles. The van der Waals surface area contributed by atoms with Crippen molar-refractivity contribution < 1.29 is 22.0 Å². The van der Waals surface area contributed by atoms with E-state index in [1.54, 1.807) is 0 Å². The minimum atomic E-state index is -4.59. The molecule has 0 saturated carbocycles. The molecule has 1 N–H and O–H groups in total. The lowest BCUT2D eigenvalue weighted by atomic mass is 10.1. The first-order valence-electron chi connectivity index (χ1n) is 6.15. The molecule has 1 rings (SSSR count). The molecular weight excluding hydrogens is 288 g/mol. The van der Waals surface area contributed by atoms with Crippen LogP contribution in [0.1, 0.15) is 26.7 Å². The zero-order valence-corrected chi connectivity index (χ0v) is 12.1. The number of amides is 1. The maximum atomic E-state index is 12.3. The molecule has 0 radical (unpaired) electrons. The molecule has 0 unspecified atom stereocenters. The summed E-state index contributed by atoms with van der Waals surface area (Å²) < 4.78 is 47.1. The van der Waals surface area contributed by atoms with E-state index in [0.29, 0.717) is 18.0 Å². The molecule has 0 bridgehead atoms. The van der Waals surface area contributed by atoms with Crippen LogP contribution in [0.4, 0.5) is 14.5 Å². The Bertz CT molecular complexity index is 553. The zero-order valence-electron chi connectivity index (χ0n) is 11.3. The molecule has 20 heavy (non-hydrogen) atoms. The lowest BCUT2D eigenvalue weighted by Gasteiger charge is -2.08. The Balaban J connectivity index is 2.71. The molecule has 7 heteroatoms. The van der Waals surface area contributed by atoms with Crippen LogP contribution in [0.3, 0.4) is 0 Å². The molecule has 0 atom stereocenters. The number of benzene rings is 1. The predicted octanol–water partition coefficient (Wildman–Crippen LogP) is 3.06. The van der Waals surface area contributed by atoms with E-state index in [1.165, 1.54) is 12.1 Å². The molecule has 1 aromatic rings. The molecule has 1 aromatic carbocycles. The number of sulfone groups is 1. The first-order chi connectivity index (χ1) is 9.23. The summed E-state index contributed by atoms with van der Waals surface area (Å²) in [5, 5.41) is 2.58. The van der Waals surface area contributed by atoms with Gasteiger partial charge < -0.3 is 5.32 Å². The molecule has 0 saturated heterocycles. The number of hydrogen-bond donors (Lipinski definition) is 1. The number of rotatable bonds is 6. The minimum absolute atomic E-state index is 0.192. The van der Waals surface area contributed by atoms with E-state index in [4.69, 9.17) is 0 Å². The summed E-state index contributed by atoms with van der Waals surface area (Å²) in [6.07, 6.45) is 1.10. The molecule has 0 aliphatic rings. The Kier molecular flexibility index (Phi) is 5.62. The predicted molar refractivity (Wildman–Crippen MR) is 72.3 cm³/mol. The van der Waals surface area contributed by atoms with E-state index in [2.05, 4.69) is 5.32 Å². The number of hydrogen-bond acceptors (Lipinski definition) is 3. The first kappa shape index (κ1) is 16.6. The van der Waals surface area contributed by atoms with Crippen LogP contribution < -0.4 is 5.32 Å². The van der Waals surface area contributed by atoms with Crippen molar-refractivity contribution in [3.05, 3.63) is 24.3 Å². The zero-order chi connectivity index (χ0) is 15.3. The Labute approximate surface area is 117 Å². The summed E-state index contributed by atoms with van der Waals surface area (Å²) in [7, 11) is -4.59. The van der Waals surface area contributed by atoms with Crippen LogP contribution in [0.2, 0.25) is 0 Å². The summed E-state index contributed by atoms with van der Waals surface area (Å²) >= 11 is 0. The van der Waals surface area contributed by atoms with Gasteiger partial charge in [-0.25, -0.2) is 8.42 Å². The van der Waals surface area contributed by atoms with Gasteiger partial charge in [0.2, 0.25) is 15.7 Å². The van der Waals surface area contributed by atoms with Gasteiger partial charge in [-0.15, -0.1) is 0 Å². The summed E-state index contributed by atoms with van der Waals surface area (Å²) in [6.45, 7) is 3.99.